The highest BCUT2D eigenvalue weighted by Crippen LogP contribution is 2.35. The quantitative estimate of drug-likeness (QED) is 0.586. The van der Waals surface area contributed by atoms with Crippen molar-refractivity contribution in [3.8, 4) is 0 Å². The second-order valence-electron chi connectivity index (χ2n) is 7.03. The van der Waals surface area contributed by atoms with E-state index in [9.17, 15) is 9.90 Å². The molecule has 2 rings (SSSR count). The molecule has 0 radical (unpaired) electrons. The minimum absolute atomic E-state index is 0.137. The fraction of sp³-hybridized carbons (Fsp3) is 0.632. The SMILES string of the molecule is CCCCCCN1C(=O)C[C@@H]1c1ccc(C(C)(C)CO)cc1. The van der Waals surface area contributed by atoms with E-state index in [0.717, 1.165) is 18.5 Å². The second-order valence-corrected chi connectivity index (χ2v) is 7.03. The number of likely N-dealkylation sites (tertiary alicyclic amines) is 1. The van der Waals surface area contributed by atoms with Gasteiger partial charge in [0.05, 0.1) is 19.1 Å². The fourth-order valence-electron chi connectivity index (χ4n) is 2.99. The van der Waals surface area contributed by atoms with E-state index in [1.54, 1.807) is 0 Å². The Bertz CT molecular complexity index is 493. The average molecular weight is 303 g/mol. The lowest BCUT2D eigenvalue weighted by Gasteiger charge is -2.41. The van der Waals surface area contributed by atoms with Crippen LogP contribution >= 0.6 is 0 Å². The highest BCUT2D eigenvalue weighted by atomic mass is 16.3. The van der Waals surface area contributed by atoms with Crippen LogP contribution in [0.15, 0.2) is 24.3 Å². The zero-order chi connectivity index (χ0) is 16.2. The number of β-lactam (4-membered cyclic amide) rings is 1. The van der Waals surface area contributed by atoms with Gasteiger partial charge in [0.2, 0.25) is 5.91 Å². The van der Waals surface area contributed by atoms with Gasteiger partial charge in [-0.2, -0.15) is 0 Å². The molecule has 0 spiro atoms. The third-order valence-corrected chi connectivity index (χ3v) is 4.79. The van der Waals surface area contributed by atoms with Gasteiger partial charge in [0.1, 0.15) is 0 Å². The van der Waals surface area contributed by atoms with Crippen LogP contribution in [-0.2, 0) is 10.2 Å². The molecule has 1 aliphatic rings. The van der Waals surface area contributed by atoms with E-state index in [2.05, 4.69) is 31.2 Å². The van der Waals surface area contributed by atoms with Crippen molar-refractivity contribution in [3.63, 3.8) is 0 Å². The molecule has 1 saturated heterocycles. The molecular formula is C19H29NO2. The number of aliphatic hydroxyl groups is 1. The Kier molecular flexibility index (Phi) is 5.63. The Morgan fingerprint density at radius 1 is 1.18 bits per heavy atom. The Hall–Kier alpha value is -1.35. The molecule has 1 N–H and O–H groups in total. The predicted octanol–water partition coefficient (Wildman–Crippen LogP) is 3.81. The van der Waals surface area contributed by atoms with Crippen LogP contribution in [0.5, 0.6) is 0 Å². The molecular weight excluding hydrogens is 274 g/mol. The first-order chi connectivity index (χ1) is 10.5. The summed E-state index contributed by atoms with van der Waals surface area (Å²) < 4.78 is 0. The lowest BCUT2D eigenvalue weighted by Crippen LogP contribution is -2.46. The summed E-state index contributed by atoms with van der Waals surface area (Å²) in [5, 5.41) is 9.45. The molecule has 1 amide bonds. The van der Waals surface area contributed by atoms with Crippen LogP contribution in [0.25, 0.3) is 0 Å². The van der Waals surface area contributed by atoms with Gasteiger partial charge >= 0.3 is 0 Å². The Labute approximate surface area is 134 Å². The number of benzene rings is 1. The van der Waals surface area contributed by atoms with Gasteiger partial charge in [-0.1, -0.05) is 64.3 Å². The van der Waals surface area contributed by atoms with Gasteiger partial charge in [-0.05, 0) is 17.5 Å². The summed E-state index contributed by atoms with van der Waals surface area (Å²) in [6.45, 7) is 7.29. The van der Waals surface area contributed by atoms with Crippen molar-refractivity contribution in [1.29, 1.82) is 0 Å². The summed E-state index contributed by atoms with van der Waals surface area (Å²) in [6, 6.07) is 8.65. The molecule has 22 heavy (non-hydrogen) atoms. The van der Waals surface area contributed by atoms with Crippen LogP contribution in [0.3, 0.4) is 0 Å². The third kappa shape index (κ3) is 3.70. The average Bonchev–Trinajstić information content (AvgIpc) is 2.52. The van der Waals surface area contributed by atoms with Crippen molar-refractivity contribution in [2.45, 2.75) is 64.3 Å². The van der Waals surface area contributed by atoms with Crippen molar-refractivity contribution < 1.29 is 9.90 Å². The van der Waals surface area contributed by atoms with Crippen LogP contribution in [0.1, 0.15) is 70.0 Å². The third-order valence-electron chi connectivity index (χ3n) is 4.79. The number of carbonyl (C=O) groups is 1. The van der Waals surface area contributed by atoms with Crippen LogP contribution in [0.4, 0.5) is 0 Å². The topological polar surface area (TPSA) is 40.5 Å². The van der Waals surface area contributed by atoms with Crippen LogP contribution in [0, 0.1) is 0 Å². The maximum absolute atomic E-state index is 11.8. The van der Waals surface area contributed by atoms with E-state index in [4.69, 9.17) is 0 Å². The molecule has 0 unspecified atom stereocenters. The Morgan fingerprint density at radius 3 is 2.41 bits per heavy atom. The molecule has 122 valence electrons. The van der Waals surface area contributed by atoms with Crippen molar-refractivity contribution in [3.05, 3.63) is 35.4 Å². The van der Waals surface area contributed by atoms with Gasteiger partial charge < -0.3 is 10.0 Å². The minimum atomic E-state index is -0.214. The monoisotopic (exact) mass is 303 g/mol. The maximum Gasteiger partial charge on any atom is 0.225 e. The highest BCUT2D eigenvalue weighted by Gasteiger charge is 2.36. The van der Waals surface area contributed by atoms with Crippen LogP contribution < -0.4 is 0 Å². The van der Waals surface area contributed by atoms with E-state index in [-0.39, 0.29) is 24.0 Å². The van der Waals surface area contributed by atoms with Gasteiger partial charge in [-0.15, -0.1) is 0 Å². The van der Waals surface area contributed by atoms with Gasteiger partial charge in [-0.3, -0.25) is 4.79 Å². The van der Waals surface area contributed by atoms with Crippen LogP contribution in [-0.4, -0.2) is 29.1 Å². The summed E-state index contributed by atoms with van der Waals surface area (Å²) in [4.78, 5) is 13.9. The Balaban J connectivity index is 1.97. The van der Waals surface area contributed by atoms with E-state index in [0.29, 0.717) is 6.42 Å². The van der Waals surface area contributed by atoms with E-state index >= 15 is 0 Å². The molecule has 0 aliphatic carbocycles. The van der Waals surface area contributed by atoms with Crippen molar-refractivity contribution in [2.24, 2.45) is 0 Å². The summed E-state index contributed by atoms with van der Waals surface area (Å²) >= 11 is 0. The summed E-state index contributed by atoms with van der Waals surface area (Å²) in [6.07, 6.45) is 5.41. The number of hydrogen-bond acceptors (Lipinski definition) is 2. The number of carbonyl (C=O) groups excluding carboxylic acids is 1. The maximum atomic E-state index is 11.8. The molecule has 1 aliphatic heterocycles. The number of unbranched alkanes of at least 4 members (excludes halogenated alkanes) is 3. The fourth-order valence-corrected chi connectivity index (χ4v) is 2.99. The second kappa shape index (κ2) is 7.28. The summed E-state index contributed by atoms with van der Waals surface area (Å²) in [5.41, 5.74) is 2.14. The van der Waals surface area contributed by atoms with E-state index < -0.39 is 0 Å². The van der Waals surface area contributed by atoms with Crippen molar-refractivity contribution in [1.82, 2.24) is 4.90 Å². The number of amides is 1. The van der Waals surface area contributed by atoms with Crippen molar-refractivity contribution >= 4 is 5.91 Å². The first kappa shape index (κ1) is 17.0. The standard InChI is InChI=1S/C19H29NO2/c1-4-5-6-7-12-20-17(13-18(20)22)15-8-10-16(11-9-15)19(2,3)14-21/h8-11,17,21H,4-7,12-14H2,1-3H3/t17-/m1/s1. The molecule has 1 heterocycles. The number of hydrogen-bond donors (Lipinski definition) is 1. The highest BCUT2D eigenvalue weighted by molar-refractivity contribution is 5.83. The normalized spacial score (nSPS) is 18.5. The molecule has 0 aromatic heterocycles. The zero-order valence-electron chi connectivity index (χ0n) is 14.1. The largest absolute Gasteiger partial charge is 0.395 e. The van der Waals surface area contributed by atoms with Crippen LogP contribution in [0.2, 0.25) is 0 Å². The summed E-state index contributed by atoms with van der Waals surface area (Å²) in [5.74, 6) is 0.279. The zero-order valence-corrected chi connectivity index (χ0v) is 14.1. The molecule has 1 atom stereocenters. The molecule has 1 fully saturated rings. The molecule has 1 aromatic carbocycles. The predicted molar refractivity (Wildman–Crippen MR) is 89.8 cm³/mol. The van der Waals surface area contributed by atoms with E-state index in [1.165, 1.54) is 24.8 Å². The minimum Gasteiger partial charge on any atom is -0.395 e. The first-order valence-corrected chi connectivity index (χ1v) is 8.50. The molecule has 1 aromatic rings. The molecule has 0 saturated carbocycles. The lowest BCUT2D eigenvalue weighted by molar-refractivity contribution is -0.146. The van der Waals surface area contributed by atoms with Crippen molar-refractivity contribution in [2.75, 3.05) is 13.2 Å². The lowest BCUT2D eigenvalue weighted by atomic mass is 9.84. The van der Waals surface area contributed by atoms with Gasteiger partial charge in [0.15, 0.2) is 0 Å². The molecule has 0 bridgehead atoms. The number of aliphatic hydroxyl groups excluding tert-OH is 1. The first-order valence-electron chi connectivity index (χ1n) is 8.50. The number of nitrogens with zero attached hydrogens (tertiary/aromatic N) is 1. The van der Waals surface area contributed by atoms with Gasteiger partial charge in [0, 0.05) is 12.0 Å². The van der Waals surface area contributed by atoms with Gasteiger partial charge in [-0.25, -0.2) is 0 Å². The number of rotatable bonds is 8. The summed E-state index contributed by atoms with van der Waals surface area (Å²) in [7, 11) is 0. The molecule has 3 nitrogen and oxygen atoms in total. The molecule has 3 heteroatoms. The Morgan fingerprint density at radius 2 is 1.86 bits per heavy atom. The van der Waals surface area contributed by atoms with Gasteiger partial charge in [0.25, 0.3) is 0 Å². The smallest absolute Gasteiger partial charge is 0.225 e. The van der Waals surface area contributed by atoms with E-state index in [1.807, 2.05) is 18.7 Å².